The van der Waals surface area contributed by atoms with Gasteiger partial charge in [0, 0.05) is 12.3 Å². The van der Waals surface area contributed by atoms with Gasteiger partial charge >= 0.3 is 6.03 Å². The van der Waals surface area contributed by atoms with Gasteiger partial charge in [-0.2, -0.15) is 0 Å². The van der Waals surface area contributed by atoms with E-state index >= 15 is 0 Å². The Bertz CT molecular complexity index is 316. The molecule has 0 bridgehead atoms. The number of nitrogens with one attached hydrogen (secondary N) is 3. The molecule has 1 saturated carbocycles. The maximum Gasteiger partial charge on any atom is 0.335 e. The second-order valence-electron chi connectivity index (χ2n) is 3.88. The number of urea groups is 1. The molecule has 2 atom stereocenters. The van der Waals surface area contributed by atoms with E-state index in [-0.39, 0.29) is 11.7 Å². The highest BCUT2D eigenvalue weighted by Crippen LogP contribution is 2.23. The van der Waals surface area contributed by atoms with Crippen LogP contribution < -0.4 is 16.2 Å². The zero-order chi connectivity index (χ0) is 10.8. The Morgan fingerprint density at radius 3 is 2.60 bits per heavy atom. The normalized spacial score (nSPS) is 32.1. The highest BCUT2D eigenvalue weighted by Gasteiger charge is 2.37. The minimum absolute atomic E-state index is 0.102. The van der Waals surface area contributed by atoms with Crippen LogP contribution in [0.3, 0.4) is 0 Å². The largest absolute Gasteiger partial charge is 0.335 e. The van der Waals surface area contributed by atoms with Gasteiger partial charge in [0.1, 0.15) is 11.8 Å². The zero-order valence-electron chi connectivity index (χ0n) is 8.21. The fourth-order valence-electron chi connectivity index (χ4n) is 2.08. The van der Waals surface area contributed by atoms with Crippen LogP contribution in [-0.2, 0) is 9.59 Å². The van der Waals surface area contributed by atoms with Crippen LogP contribution in [0.25, 0.3) is 0 Å². The summed E-state index contributed by atoms with van der Waals surface area (Å²) >= 11 is 0. The highest BCUT2D eigenvalue weighted by molar-refractivity contribution is 6.01. The molecule has 82 valence electrons. The average molecular weight is 211 g/mol. The number of rotatable bonds is 1. The van der Waals surface area contributed by atoms with Crippen LogP contribution in [0.5, 0.6) is 0 Å². The van der Waals surface area contributed by atoms with Crippen molar-refractivity contribution < 1.29 is 14.4 Å². The molecular weight excluding hydrogens is 198 g/mol. The first kappa shape index (κ1) is 10.1. The number of hydrazine groups is 1. The lowest BCUT2D eigenvalue weighted by atomic mass is 9.82. The molecule has 2 unspecified atom stereocenters. The second-order valence-corrected chi connectivity index (χ2v) is 3.88. The number of ketones is 1. The van der Waals surface area contributed by atoms with E-state index in [0.29, 0.717) is 12.8 Å². The van der Waals surface area contributed by atoms with Crippen molar-refractivity contribution in [3.05, 3.63) is 0 Å². The van der Waals surface area contributed by atoms with E-state index in [0.717, 1.165) is 12.8 Å². The van der Waals surface area contributed by atoms with E-state index in [4.69, 9.17) is 0 Å². The first-order valence-electron chi connectivity index (χ1n) is 5.07. The molecule has 0 radical (unpaired) electrons. The third-order valence-electron chi connectivity index (χ3n) is 2.86. The molecule has 0 aromatic carbocycles. The Kier molecular flexibility index (Phi) is 2.68. The number of imide groups is 1. The first-order chi connectivity index (χ1) is 7.18. The molecule has 0 spiro atoms. The minimum Gasteiger partial charge on any atom is -0.299 e. The average Bonchev–Trinajstić information content (AvgIpc) is 2.20. The molecule has 2 rings (SSSR count). The number of amides is 3. The summed E-state index contributed by atoms with van der Waals surface area (Å²) in [6.45, 7) is 0. The van der Waals surface area contributed by atoms with Crippen molar-refractivity contribution in [2.45, 2.75) is 31.7 Å². The van der Waals surface area contributed by atoms with Crippen LogP contribution in [0.15, 0.2) is 0 Å². The van der Waals surface area contributed by atoms with E-state index in [1.54, 1.807) is 0 Å². The lowest BCUT2D eigenvalue weighted by Crippen LogP contribution is -2.65. The lowest BCUT2D eigenvalue weighted by Gasteiger charge is -2.31. The number of hydrogen-bond donors (Lipinski definition) is 3. The smallest absolute Gasteiger partial charge is 0.299 e. The number of carbonyl (C=O) groups is 3. The molecular formula is C9H13N3O3. The summed E-state index contributed by atoms with van der Waals surface area (Å²) < 4.78 is 0. The summed E-state index contributed by atoms with van der Waals surface area (Å²) in [6.07, 6.45) is 3.09. The van der Waals surface area contributed by atoms with Crippen LogP contribution in [0.1, 0.15) is 25.7 Å². The Morgan fingerprint density at radius 2 is 1.93 bits per heavy atom. The van der Waals surface area contributed by atoms with Crippen LogP contribution in [0.4, 0.5) is 4.79 Å². The first-order valence-corrected chi connectivity index (χ1v) is 5.07. The molecule has 3 N–H and O–H groups in total. The van der Waals surface area contributed by atoms with E-state index < -0.39 is 18.0 Å². The Balaban J connectivity index is 2.05. The zero-order valence-corrected chi connectivity index (χ0v) is 8.21. The molecule has 0 aromatic rings. The summed E-state index contributed by atoms with van der Waals surface area (Å²) in [5.74, 6) is -0.622. The maximum atomic E-state index is 11.6. The van der Waals surface area contributed by atoms with E-state index in [9.17, 15) is 14.4 Å². The van der Waals surface area contributed by atoms with E-state index in [1.165, 1.54) is 0 Å². The quantitative estimate of drug-likeness (QED) is 0.543. The van der Waals surface area contributed by atoms with Crippen LogP contribution >= 0.6 is 0 Å². The predicted octanol–water partition coefficient (Wildman–Crippen LogP) is -0.542. The van der Waals surface area contributed by atoms with Gasteiger partial charge in [-0.05, 0) is 12.8 Å². The van der Waals surface area contributed by atoms with Crippen molar-refractivity contribution in [3.63, 3.8) is 0 Å². The van der Waals surface area contributed by atoms with Crippen LogP contribution in [0, 0.1) is 5.92 Å². The van der Waals surface area contributed by atoms with Gasteiger partial charge in [-0.3, -0.25) is 20.3 Å². The van der Waals surface area contributed by atoms with Crippen molar-refractivity contribution >= 4 is 17.7 Å². The van der Waals surface area contributed by atoms with Gasteiger partial charge in [-0.15, -0.1) is 0 Å². The van der Waals surface area contributed by atoms with Gasteiger partial charge < -0.3 is 0 Å². The maximum absolute atomic E-state index is 11.6. The van der Waals surface area contributed by atoms with Gasteiger partial charge in [-0.1, -0.05) is 6.42 Å². The molecule has 2 aliphatic rings. The lowest BCUT2D eigenvalue weighted by molar-refractivity contribution is -0.133. The Hall–Kier alpha value is -1.43. The predicted molar refractivity (Wildman–Crippen MR) is 50.6 cm³/mol. The summed E-state index contributed by atoms with van der Waals surface area (Å²) in [7, 11) is 0. The van der Waals surface area contributed by atoms with Crippen molar-refractivity contribution in [3.8, 4) is 0 Å². The van der Waals surface area contributed by atoms with Gasteiger partial charge in [0.05, 0.1) is 0 Å². The van der Waals surface area contributed by atoms with Gasteiger partial charge in [-0.25, -0.2) is 10.2 Å². The molecule has 1 aliphatic carbocycles. The third kappa shape index (κ3) is 1.99. The molecule has 0 aromatic heterocycles. The molecule has 1 aliphatic heterocycles. The number of Topliss-reactive ketones (excluding diaryl/α,β-unsaturated/α-hetero) is 1. The summed E-state index contributed by atoms with van der Waals surface area (Å²) in [5.41, 5.74) is 4.89. The number of hydrogen-bond acceptors (Lipinski definition) is 4. The standard InChI is InChI=1S/C9H13N3O3/c13-6-4-2-1-3-5(6)7-8(14)10-9(15)12-11-7/h5,7,11H,1-4H2,(H2,10,12,14,15). The second kappa shape index (κ2) is 3.98. The van der Waals surface area contributed by atoms with E-state index in [2.05, 4.69) is 16.2 Å². The summed E-state index contributed by atoms with van der Waals surface area (Å²) in [6, 6.07) is -1.19. The van der Waals surface area contributed by atoms with Crippen molar-refractivity contribution in [1.29, 1.82) is 0 Å². The fraction of sp³-hybridized carbons (Fsp3) is 0.667. The fourth-order valence-corrected chi connectivity index (χ4v) is 2.08. The van der Waals surface area contributed by atoms with Gasteiger partial charge in [0.2, 0.25) is 5.91 Å². The highest BCUT2D eigenvalue weighted by atomic mass is 16.2. The van der Waals surface area contributed by atoms with Crippen LogP contribution in [0.2, 0.25) is 0 Å². The molecule has 15 heavy (non-hydrogen) atoms. The van der Waals surface area contributed by atoms with E-state index in [1.807, 2.05) is 0 Å². The minimum atomic E-state index is -0.615. The third-order valence-corrected chi connectivity index (χ3v) is 2.86. The van der Waals surface area contributed by atoms with Crippen molar-refractivity contribution in [2.24, 2.45) is 5.92 Å². The Morgan fingerprint density at radius 1 is 1.13 bits per heavy atom. The van der Waals surface area contributed by atoms with Gasteiger partial charge in [0.25, 0.3) is 0 Å². The SMILES string of the molecule is O=C1NNC(C2CCCCC2=O)C(=O)N1. The molecule has 2 fully saturated rings. The molecule has 6 nitrogen and oxygen atoms in total. The number of carbonyl (C=O) groups excluding carboxylic acids is 3. The van der Waals surface area contributed by atoms with Gasteiger partial charge in [0.15, 0.2) is 0 Å². The topological polar surface area (TPSA) is 87.3 Å². The monoisotopic (exact) mass is 211 g/mol. The van der Waals surface area contributed by atoms with Crippen molar-refractivity contribution in [1.82, 2.24) is 16.2 Å². The van der Waals surface area contributed by atoms with Crippen LogP contribution in [-0.4, -0.2) is 23.8 Å². The Labute approximate surface area is 86.8 Å². The molecule has 6 heteroatoms. The summed E-state index contributed by atoms with van der Waals surface area (Å²) in [5, 5.41) is 2.14. The molecule has 1 saturated heterocycles. The molecule has 3 amide bonds. The molecule has 1 heterocycles. The van der Waals surface area contributed by atoms with Crippen molar-refractivity contribution in [2.75, 3.05) is 0 Å². The summed E-state index contributed by atoms with van der Waals surface area (Å²) in [4.78, 5) is 33.8.